The van der Waals surface area contributed by atoms with Gasteiger partial charge >= 0.3 is 0 Å². The maximum absolute atomic E-state index is 5.11. The number of ether oxygens (including phenoxy) is 1. The molecule has 0 saturated heterocycles. The summed E-state index contributed by atoms with van der Waals surface area (Å²) in [5, 5.41) is 0. The van der Waals surface area contributed by atoms with Crippen molar-refractivity contribution in [2.45, 2.75) is 13.3 Å². The average molecular weight is 120 g/mol. The minimum Gasteiger partial charge on any atom is -0.381 e. The fourth-order valence-corrected chi connectivity index (χ4v) is 0.496. The Morgan fingerprint density at radius 3 is 2.57 bits per heavy atom. The molecule has 0 aliphatic heterocycles. The summed E-state index contributed by atoms with van der Waals surface area (Å²) in [6, 6.07) is 0. The standard InChI is InChI=1S/C5H13OP/c1-2-3-6-4-5-7/h2-5,7H2,1H3. The van der Waals surface area contributed by atoms with Gasteiger partial charge in [0.25, 0.3) is 0 Å². The molecule has 0 saturated carbocycles. The second-order valence-electron chi connectivity index (χ2n) is 1.40. The number of rotatable bonds is 4. The molecule has 0 heterocycles. The second kappa shape index (κ2) is 6.39. The van der Waals surface area contributed by atoms with Crippen molar-refractivity contribution in [3.8, 4) is 0 Å². The molecule has 0 N–H and O–H groups in total. The third-order valence-corrected chi connectivity index (χ3v) is 0.846. The van der Waals surface area contributed by atoms with Gasteiger partial charge < -0.3 is 4.74 Å². The molecule has 1 nitrogen and oxygen atoms in total. The maximum Gasteiger partial charge on any atom is 0.0500 e. The summed E-state index contributed by atoms with van der Waals surface area (Å²) < 4.78 is 5.11. The molecule has 1 atom stereocenters. The third-order valence-electron chi connectivity index (χ3n) is 0.611. The molecule has 0 spiro atoms. The fraction of sp³-hybridized carbons (Fsp3) is 1.00. The average Bonchev–Trinajstić information content (AvgIpc) is 1.69. The highest BCUT2D eigenvalue weighted by molar-refractivity contribution is 7.16. The molecular formula is C5H13OP. The number of hydrogen-bond donors (Lipinski definition) is 0. The van der Waals surface area contributed by atoms with Crippen LogP contribution >= 0.6 is 9.24 Å². The van der Waals surface area contributed by atoms with Crippen molar-refractivity contribution >= 4 is 9.24 Å². The number of hydrogen-bond acceptors (Lipinski definition) is 1. The van der Waals surface area contributed by atoms with Gasteiger partial charge in [0.2, 0.25) is 0 Å². The van der Waals surface area contributed by atoms with Crippen molar-refractivity contribution in [3.05, 3.63) is 0 Å². The van der Waals surface area contributed by atoms with Gasteiger partial charge in [-0.2, -0.15) is 0 Å². The van der Waals surface area contributed by atoms with Crippen molar-refractivity contribution < 1.29 is 4.74 Å². The van der Waals surface area contributed by atoms with Crippen LogP contribution < -0.4 is 0 Å². The summed E-state index contributed by atoms with van der Waals surface area (Å²) in [6.07, 6.45) is 2.19. The van der Waals surface area contributed by atoms with Crippen LogP contribution in [0.15, 0.2) is 0 Å². The van der Waals surface area contributed by atoms with Gasteiger partial charge in [-0.1, -0.05) is 6.92 Å². The van der Waals surface area contributed by atoms with Crippen LogP contribution in [0.5, 0.6) is 0 Å². The molecule has 0 rings (SSSR count). The molecule has 7 heavy (non-hydrogen) atoms. The molecule has 0 aromatic rings. The van der Waals surface area contributed by atoms with Gasteiger partial charge in [-0.05, 0) is 12.6 Å². The molecule has 0 aliphatic rings. The van der Waals surface area contributed by atoms with Gasteiger partial charge in [0.1, 0.15) is 0 Å². The van der Waals surface area contributed by atoms with E-state index in [1.807, 2.05) is 0 Å². The van der Waals surface area contributed by atoms with Crippen LogP contribution in [0.3, 0.4) is 0 Å². The lowest BCUT2D eigenvalue weighted by Crippen LogP contribution is -1.94. The summed E-state index contributed by atoms with van der Waals surface area (Å²) >= 11 is 0. The van der Waals surface area contributed by atoms with Crippen molar-refractivity contribution in [2.75, 3.05) is 19.4 Å². The van der Waals surface area contributed by atoms with E-state index >= 15 is 0 Å². The van der Waals surface area contributed by atoms with E-state index < -0.39 is 0 Å². The van der Waals surface area contributed by atoms with Crippen LogP contribution in [0.4, 0.5) is 0 Å². The van der Waals surface area contributed by atoms with Crippen LogP contribution in [-0.2, 0) is 4.74 Å². The topological polar surface area (TPSA) is 9.23 Å². The Labute approximate surface area is 47.6 Å². The molecule has 0 bridgehead atoms. The van der Waals surface area contributed by atoms with Crippen molar-refractivity contribution in [2.24, 2.45) is 0 Å². The molecule has 0 aromatic heterocycles. The highest BCUT2D eigenvalue weighted by atomic mass is 31.0. The molecule has 2 heteroatoms. The molecule has 0 fully saturated rings. The van der Waals surface area contributed by atoms with Crippen LogP contribution in [-0.4, -0.2) is 19.4 Å². The van der Waals surface area contributed by atoms with Gasteiger partial charge in [0.05, 0.1) is 6.61 Å². The molecular weight excluding hydrogens is 107 g/mol. The van der Waals surface area contributed by atoms with Crippen molar-refractivity contribution in [1.82, 2.24) is 0 Å². The fourth-order valence-electron chi connectivity index (χ4n) is 0.330. The molecule has 0 aromatic carbocycles. The van der Waals surface area contributed by atoms with Crippen LogP contribution in [0.25, 0.3) is 0 Å². The highest BCUT2D eigenvalue weighted by Gasteiger charge is 1.77. The van der Waals surface area contributed by atoms with Gasteiger partial charge in [0, 0.05) is 6.61 Å². The zero-order valence-electron chi connectivity index (χ0n) is 4.81. The van der Waals surface area contributed by atoms with E-state index in [-0.39, 0.29) is 0 Å². The summed E-state index contributed by atoms with van der Waals surface area (Å²) in [4.78, 5) is 0. The largest absolute Gasteiger partial charge is 0.381 e. The lowest BCUT2D eigenvalue weighted by Gasteiger charge is -1.95. The SMILES string of the molecule is CCCOCCP. The minimum absolute atomic E-state index is 0.887. The summed E-state index contributed by atoms with van der Waals surface area (Å²) in [5.74, 6) is 0. The zero-order chi connectivity index (χ0) is 5.54. The molecule has 0 aliphatic carbocycles. The predicted octanol–water partition coefficient (Wildman–Crippen LogP) is 1.29. The quantitative estimate of drug-likeness (QED) is 0.401. The first-order chi connectivity index (χ1) is 3.41. The Kier molecular flexibility index (Phi) is 6.75. The van der Waals surface area contributed by atoms with E-state index in [4.69, 9.17) is 4.74 Å². The summed E-state index contributed by atoms with van der Waals surface area (Å²) in [5.41, 5.74) is 0. The summed E-state index contributed by atoms with van der Waals surface area (Å²) in [6.45, 7) is 3.91. The first-order valence-corrected chi connectivity index (χ1v) is 3.51. The Morgan fingerprint density at radius 1 is 1.43 bits per heavy atom. The first-order valence-electron chi connectivity index (χ1n) is 2.69. The Morgan fingerprint density at radius 2 is 2.14 bits per heavy atom. The van der Waals surface area contributed by atoms with Crippen molar-refractivity contribution in [3.63, 3.8) is 0 Å². The van der Waals surface area contributed by atoms with E-state index in [1.165, 1.54) is 0 Å². The van der Waals surface area contributed by atoms with Gasteiger partial charge in [-0.15, -0.1) is 9.24 Å². The Balaban J connectivity index is 2.45. The monoisotopic (exact) mass is 120 g/mol. The van der Waals surface area contributed by atoms with E-state index in [0.717, 1.165) is 25.8 Å². The molecule has 0 radical (unpaired) electrons. The highest BCUT2D eigenvalue weighted by Crippen LogP contribution is 1.83. The minimum atomic E-state index is 0.887. The Bertz CT molecular complexity index is 27.3. The molecule has 1 unspecified atom stereocenters. The van der Waals surface area contributed by atoms with Crippen LogP contribution in [0.2, 0.25) is 0 Å². The molecule has 0 amide bonds. The van der Waals surface area contributed by atoms with E-state index in [9.17, 15) is 0 Å². The van der Waals surface area contributed by atoms with E-state index in [2.05, 4.69) is 16.2 Å². The third kappa shape index (κ3) is 6.39. The Hall–Kier alpha value is 0.390. The second-order valence-corrected chi connectivity index (χ2v) is 1.98. The smallest absolute Gasteiger partial charge is 0.0500 e. The van der Waals surface area contributed by atoms with Crippen LogP contribution in [0, 0.1) is 0 Å². The van der Waals surface area contributed by atoms with Gasteiger partial charge in [-0.25, -0.2) is 0 Å². The molecule has 44 valence electrons. The zero-order valence-corrected chi connectivity index (χ0v) is 5.97. The van der Waals surface area contributed by atoms with E-state index in [0.29, 0.717) is 0 Å². The van der Waals surface area contributed by atoms with E-state index in [1.54, 1.807) is 0 Å². The van der Waals surface area contributed by atoms with Gasteiger partial charge in [0.15, 0.2) is 0 Å². The maximum atomic E-state index is 5.11. The lowest BCUT2D eigenvalue weighted by molar-refractivity contribution is 0.150. The first kappa shape index (κ1) is 7.39. The summed E-state index contributed by atoms with van der Waals surface area (Å²) in [7, 11) is 2.62. The lowest BCUT2D eigenvalue weighted by atomic mass is 10.5. The van der Waals surface area contributed by atoms with Crippen LogP contribution in [0.1, 0.15) is 13.3 Å². The predicted molar refractivity (Wildman–Crippen MR) is 35.7 cm³/mol. The van der Waals surface area contributed by atoms with Gasteiger partial charge in [-0.3, -0.25) is 0 Å². The normalized spacial score (nSPS) is 9.43. The van der Waals surface area contributed by atoms with Crippen molar-refractivity contribution in [1.29, 1.82) is 0 Å².